The number of nitrogens with zero attached hydrogens (tertiary/aromatic N) is 2. The Labute approximate surface area is 83.3 Å². The lowest BCUT2D eigenvalue weighted by atomic mass is 10.1. The summed E-state index contributed by atoms with van der Waals surface area (Å²) in [4.78, 5) is 11.4. The smallest absolute Gasteiger partial charge is 0.272 e. The van der Waals surface area contributed by atoms with Gasteiger partial charge >= 0.3 is 0 Å². The molecule has 0 atom stereocenters. The average molecular weight is 193 g/mol. The average Bonchev–Trinajstić information content (AvgIpc) is 2.65. The van der Waals surface area contributed by atoms with Crippen molar-refractivity contribution in [1.29, 1.82) is 0 Å². The minimum absolute atomic E-state index is 0.0332. The number of aromatic nitrogens is 2. The van der Waals surface area contributed by atoms with Crippen molar-refractivity contribution in [3.8, 4) is 0 Å². The Morgan fingerprint density at radius 1 is 1.57 bits per heavy atom. The van der Waals surface area contributed by atoms with Crippen LogP contribution in [-0.2, 0) is 13.1 Å². The molecule has 0 fully saturated rings. The van der Waals surface area contributed by atoms with Gasteiger partial charge in [0.2, 0.25) is 0 Å². The molecule has 1 aliphatic rings. The fourth-order valence-corrected chi connectivity index (χ4v) is 2.01. The molecular formula is C10H15N3O. The quantitative estimate of drug-likeness (QED) is 0.768. The number of carbonyl (C=O) groups excluding carboxylic acids is 1. The summed E-state index contributed by atoms with van der Waals surface area (Å²) in [6.45, 7) is 7.78. The first-order chi connectivity index (χ1) is 6.65. The summed E-state index contributed by atoms with van der Waals surface area (Å²) in [7, 11) is 0. The third-order valence-electron chi connectivity index (χ3n) is 2.58. The molecule has 1 N–H and O–H groups in total. The SMILES string of the molecule is CCn1nc2c(c1C(C)C)CNC2=O. The van der Waals surface area contributed by atoms with Crippen molar-refractivity contribution in [3.63, 3.8) is 0 Å². The van der Waals surface area contributed by atoms with E-state index in [2.05, 4.69) is 24.3 Å². The number of hydrogen-bond donors (Lipinski definition) is 1. The molecular weight excluding hydrogens is 178 g/mol. The van der Waals surface area contributed by atoms with Crippen molar-refractivity contribution < 1.29 is 4.79 Å². The summed E-state index contributed by atoms with van der Waals surface area (Å²) >= 11 is 0. The topological polar surface area (TPSA) is 46.9 Å². The molecule has 76 valence electrons. The monoisotopic (exact) mass is 193 g/mol. The highest BCUT2D eigenvalue weighted by atomic mass is 16.2. The number of hydrogen-bond acceptors (Lipinski definition) is 2. The second kappa shape index (κ2) is 3.12. The van der Waals surface area contributed by atoms with Crippen molar-refractivity contribution in [2.75, 3.05) is 0 Å². The fraction of sp³-hybridized carbons (Fsp3) is 0.600. The minimum Gasteiger partial charge on any atom is -0.346 e. The highest BCUT2D eigenvalue weighted by Gasteiger charge is 2.28. The number of aryl methyl sites for hydroxylation is 1. The highest BCUT2D eigenvalue weighted by Crippen LogP contribution is 2.25. The first-order valence-electron chi connectivity index (χ1n) is 5.03. The zero-order valence-electron chi connectivity index (χ0n) is 8.79. The maximum absolute atomic E-state index is 11.4. The van der Waals surface area contributed by atoms with Crippen molar-refractivity contribution in [3.05, 3.63) is 17.0 Å². The summed E-state index contributed by atoms with van der Waals surface area (Å²) in [6.07, 6.45) is 0. The van der Waals surface area contributed by atoms with Gasteiger partial charge in [-0.1, -0.05) is 13.8 Å². The Kier molecular flexibility index (Phi) is 2.06. The van der Waals surface area contributed by atoms with Crippen LogP contribution in [-0.4, -0.2) is 15.7 Å². The molecule has 0 saturated carbocycles. The summed E-state index contributed by atoms with van der Waals surface area (Å²) in [5.74, 6) is 0.382. The molecule has 1 amide bonds. The summed E-state index contributed by atoms with van der Waals surface area (Å²) < 4.78 is 1.94. The molecule has 0 bridgehead atoms. The van der Waals surface area contributed by atoms with Crippen LogP contribution in [0.5, 0.6) is 0 Å². The van der Waals surface area contributed by atoms with Gasteiger partial charge in [0.1, 0.15) is 0 Å². The minimum atomic E-state index is -0.0332. The van der Waals surface area contributed by atoms with E-state index in [-0.39, 0.29) is 5.91 Å². The second-order valence-corrected chi connectivity index (χ2v) is 3.87. The molecule has 2 rings (SSSR count). The number of rotatable bonds is 2. The van der Waals surface area contributed by atoms with Crippen molar-refractivity contribution in [2.45, 2.75) is 39.8 Å². The Morgan fingerprint density at radius 2 is 2.29 bits per heavy atom. The molecule has 1 aromatic rings. The van der Waals surface area contributed by atoms with Gasteiger partial charge < -0.3 is 5.32 Å². The molecule has 2 heterocycles. The van der Waals surface area contributed by atoms with E-state index >= 15 is 0 Å². The first kappa shape index (κ1) is 9.24. The van der Waals surface area contributed by atoms with Crippen LogP contribution in [0.25, 0.3) is 0 Å². The normalized spacial score (nSPS) is 14.7. The van der Waals surface area contributed by atoms with E-state index in [1.807, 2.05) is 11.6 Å². The summed E-state index contributed by atoms with van der Waals surface area (Å²) in [6, 6.07) is 0. The lowest BCUT2D eigenvalue weighted by molar-refractivity contribution is 0.0959. The van der Waals surface area contributed by atoms with Crippen LogP contribution in [0.3, 0.4) is 0 Å². The van der Waals surface area contributed by atoms with E-state index in [0.717, 1.165) is 12.1 Å². The van der Waals surface area contributed by atoms with E-state index in [9.17, 15) is 4.79 Å². The molecule has 1 aliphatic heterocycles. The number of nitrogens with one attached hydrogen (secondary N) is 1. The molecule has 0 radical (unpaired) electrons. The van der Waals surface area contributed by atoms with Gasteiger partial charge in [0.25, 0.3) is 5.91 Å². The zero-order chi connectivity index (χ0) is 10.3. The van der Waals surface area contributed by atoms with Crippen molar-refractivity contribution >= 4 is 5.91 Å². The molecule has 0 saturated heterocycles. The van der Waals surface area contributed by atoms with Crippen LogP contribution in [0, 0.1) is 0 Å². The molecule has 0 spiro atoms. The molecule has 0 aliphatic carbocycles. The summed E-state index contributed by atoms with van der Waals surface area (Å²) in [5, 5.41) is 7.11. The fourth-order valence-electron chi connectivity index (χ4n) is 2.01. The largest absolute Gasteiger partial charge is 0.346 e. The predicted octanol–water partition coefficient (Wildman–Crippen LogP) is 1.27. The van der Waals surface area contributed by atoms with Crippen LogP contribution in [0.15, 0.2) is 0 Å². The molecule has 14 heavy (non-hydrogen) atoms. The van der Waals surface area contributed by atoms with Crippen molar-refractivity contribution in [1.82, 2.24) is 15.1 Å². The third kappa shape index (κ3) is 1.14. The highest BCUT2D eigenvalue weighted by molar-refractivity contribution is 5.96. The van der Waals surface area contributed by atoms with E-state index in [1.165, 1.54) is 5.69 Å². The van der Waals surface area contributed by atoms with Gasteiger partial charge in [0.15, 0.2) is 5.69 Å². The van der Waals surface area contributed by atoms with Gasteiger partial charge in [0.05, 0.1) is 0 Å². The van der Waals surface area contributed by atoms with E-state index in [1.54, 1.807) is 0 Å². The summed E-state index contributed by atoms with van der Waals surface area (Å²) in [5.41, 5.74) is 2.91. The Bertz CT molecular complexity index is 379. The standard InChI is InChI=1S/C10H15N3O/c1-4-13-9(6(2)3)7-5-11-10(14)8(7)12-13/h6H,4-5H2,1-3H3,(H,11,14). The maximum atomic E-state index is 11.4. The first-order valence-corrected chi connectivity index (χ1v) is 5.03. The molecule has 0 aromatic carbocycles. The lowest BCUT2D eigenvalue weighted by Gasteiger charge is -2.10. The van der Waals surface area contributed by atoms with Gasteiger partial charge in [-0.3, -0.25) is 9.48 Å². The van der Waals surface area contributed by atoms with Crippen LogP contribution in [0.2, 0.25) is 0 Å². The second-order valence-electron chi connectivity index (χ2n) is 3.87. The molecule has 4 heteroatoms. The Morgan fingerprint density at radius 3 is 2.86 bits per heavy atom. The van der Waals surface area contributed by atoms with E-state index in [0.29, 0.717) is 18.2 Å². The van der Waals surface area contributed by atoms with Crippen LogP contribution < -0.4 is 5.32 Å². The number of carbonyl (C=O) groups is 1. The molecule has 4 nitrogen and oxygen atoms in total. The molecule has 1 aromatic heterocycles. The lowest BCUT2D eigenvalue weighted by Crippen LogP contribution is -2.17. The molecule has 0 unspecified atom stereocenters. The van der Waals surface area contributed by atoms with Crippen molar-refractivity contribution in [2.24, 2.45) is 0 Å². The Balaban J connectivity index is 2.57. The van der Waals surface area contributed by atoms with E-state index < -0.39 is 0 Å². The van der Waals surface area contributed by atoms with Gasteiger partial charge in [-0.25, -0.2) is 0 Å². The van der Waals surface area contributed by atoms with Crippen LogP contribution in [0.1, 0.15) is 48.4 Å². The van der Waals surface area contributed by atoms with Crippen LogP contribution in [0.4, 0.5) is 0 Å². The third-order valence-corrected chi connectivity index (χ3v) is 2.58. The van der Waals surface area contributed by atoms with Gasteiger partial charge in [-0.05, 0) is 12.8 Å². The number of amides is 1. The van der Waals surface area contributed by atoms with Gasteiger partial charge in [-0.2, -0.15) is 5.10 Å². The zero-order valence-corrected chi connectivity index (χ0v) is 8.79. The van der Waals surface area contributed by atoms with Gasteiger partial charge in [0, 0.05) is 24.3 Å². The van der Waals surface area contributed by atoms with E-state index in [4.69, 9.17) is 0 Å². The number of fused-ring (bicyclic) bond motifs is 1. The Hall–Kier alpha value is -1.32. The van der Waals surface area contributed by atoms with Crippen LogP contribution >= 0.6 is 0 Å². The maximum Gasteiger partial charge on any atom is 0.272 e. The van der Waals surface area contributed by atoms with Gasteiger partial charge in [-0.15, -0.1) is 0 Å². The predicted molar refractivity (Wildman–Crippen MR) is 53.2 cm³/mol.